The van der Waals surface area contributed by atoms with E-state index in [0.29, 0.717) is 14.9 Å². The molecule has 0 bridgehead atoms. The van der Waals surface area contributed by atoms with Crippen LogP contribution in [0.1, 0.15) is 29.4 Å². The van der Waals surface area contributed by atoms with Crippen molar-refractivity contribution in [1.29, 1.82) is 0 Å². The van der Waals surface area contributed by atoms with Crippen LogP contribution in [0.4, 0.5) is 5.69 Å². The summed E-state index contributed by atoms with van der Waals surface area (Å²) in [6, 6.07) is 7.04. The van der Waals surface area contributed by atoms with Crippen LogP contribution in [0.2, 0.25) is 4.34 Å². The van der Waals surface area contributed by atoms with Crippen molar-refractivity contribution in [3.05, 3.63) is 39.7 Å². The molecule has 0 saturated carbocycles. The minimum Gasteiger partial charge on any atom is -0.325 e. The molecule has 7 heteroatoms. The molecule has 1 amide bonds. The van der Waals surface area contributed by atoms with Crippen LogP contribution in [-0.4, -0.2) is 22.4 Å². The lowest BCUT2D eigenvalue weighted by Crippen LogP contribution is -2.13. The van der Waals surface area contributed by atoms with Gasteiger partial charge in [-0.25, -0.2) is 4.98 Å². The fraction of sp³-hybridized carbons (Fsp3) is 0.267. The molecule has 0 unspecified atom stereocenters. The van der Waals surface area contributed by atoms with Crippen LogP contribution in [0.5, 0.6) is 0 Å². The SMILES string of the molecule is CCSc1ccc(NC(=O)CCC(=O)c2ccc(Cl)s2)cn1. The van der Waals surface area contributed by atoms with Gasteiger partial charge >= 0.3 is 0 Å². The van der Waals surface area contributed by atoms with E-state index in [2.05, 4.69) is 17.2 Å². The Kier molecular flexibility index (Phi) is 6.42. The summed E-state index contributed by atoms with van der Waals surface area (Å²) in [6.45, 7) is 2.06. The maximum Gasteiger partial charge on any atom is 0.224 e. The molecule has 0 aromatic carbocycles. The van der Waals surface area contributed by atoms with E-state index >= 15 is 0 Å². The number of Topliss-reactive ketones (excluding diaryl/α,β-unsaturated/α-hetero) is 1. The second kappa shape index (κ2) is 8.31. The van der Waals surface area contributed by atoms with Crippen molar-refractivity contribution in [2.24, 2.45) is 0 Å². The van der Waals surface area contributed by atoms with Crippen molar-refractivity contribution < 1.29 is 9.59 Å². The van der Waals surface area contributed by atoms with Gasteiger partial charge in [-0.3, -0.25) is 9.59 Å². The normalized spacial score (nSPS) is 10.5. The van der Waals surface area contributed by atoms with E-state index < -0.39 is 0 Å². The zero-order valence-electron chi connectivity index (χ0n) is 12.0. The van der Waals surface area contributed by atoms with E-state index in [1.54, 1.807) is 30.1 Å². The lowest BCUT2D eigenvalue weighted by atomic mass is 10.2. The van der Waals surface area contributed by atoms with Crippen molar-refractivity contribution in [3.8, 4) is 0 Å². The van der Waals surface area contributed by atoms with Gasteiger partial charge in [-0.2, -0.15) is 0 Å². The average Bonchev–Trinajstić information content (AvgIpc) is 2.94. The first-order chi connectivity index (χ1) is 10.6. The summed E-state index contributed by atoms with van der Waals surface area (Å²) in [5, 5.41) is 3.66. The Labute approximate surface area is 142 Å². The highest BCUT2D eigenvalue weighted by Gasteiger charge is 2.11. The number of amides is 1. The van der Waals surface area contributed by atoms with Gasteiger partial charge in [0.25, 0.3) is 0 Å². The molecule has 22 heavy (non-hydrogen) atoms. The molecule has 0 spiro atoms. The van der Waals surface area contributed by atoms with Crippen LogP contribution in [0.15, 0.2) is 35.5 Å². The van der Waals surface area contributed by atoms with Gasteiger partial charge in [0.05, 0.1) is 26.1 Å². The lowest BCUT2D eigenvalue weighted by molar-refractivity contribution is -0.116. The number of thioether (sulfide) groups is 1. The molecular formula is C15H15ClN2O2S2. The summed E-state index contributed by atoms with van der Waals surface area (Å²) < 4.78 is 0.573. The summed E-state index contributed by atoms with van der Waals surface area (Å²) in [7, 11) is 0. The standard InChI is InChI=1S/C15H15ClN2O2S2/c1-2-21-15-8-3-10(9-17-15)18-14(20)7-4-11(19)12-5-6-13(16)22-12/h3,5-6,8-9H,2,4,7H2,1H3,(H,18,20). The number of aromatic nitrogens is 1. The monoisotopic (exact) mass is 354 g/mol. The Balaban J connectivity index is 1.81. The van der Waals surface area contributed by atoms with Crippen molar-refractivity contribution in [3.63, 3.8) is 0 Å². The number of rotatable bonds is 7. The summed E-state index contributed by atoms with van der Waals surface area (Å²) >= 11 is 8.66. The molecule has 0 radical (unpaired) electrons. The summed E-state index contributed by atoms with van der Waals surface area (Å²) in [5.74, 6) is 0.682. The summed E-state index contributed by atoms with van der Waals surface area (Å²) in [5.41, 5.74) is 0.636. The largest absolute Gasteiger partial charge is 0.325 e. The van der Waals surface area contributed by atoms with E-state index in [0.717, 1.165) is 10.8 Å². The second-order valence-electron chi connectivity index (χ2n) is 4.39. The smallest absolute Gasteiger partial charge is 0.224 e. The summed E-state index contributed by atoms with van der Waals surface area (Å²) in [6.07, 6.45) is 1.93. The molecule has 2 aromatic heterocycles. The first-order valence-electron chi connectivity index (χ1n) is 6.75. The third-order valence-corrected chi connectivity index (χ3v) is 4.84. The molecule has 116 valence electrons. The number of anilines is 1. The predicted molar refractivity (Wildman–Crippen MR) is 92.2 cm³/mol. The van der Waals surface area contributed by atoms with Gasteiger partial charge in [0.2, 0.25) is 5.91 Å². The first kappa shape index (κ1) is 17.0. The highest BCUT2D eigenvalue weighted by atomic mass is 35.5. The molecule has 0 aliphatic heterocycles. The third kappa shape index (κ3) is 5.12. The quantitative estimate of drug-likeness (QED) is 0.587. The number of thiophene rings is 1. The van der Waals surface area contributed by atoms with Gasteiger partial charge in [-0.05, 0) is 30.0 Å². The van der Waals surface area contributed by atoms with Crippen molar-refractivity contribution >= 4 is 52.1 Å². The number of halogens is 1. The van der Waals surface area contributed by atoms with E-state index in [-0.39, 0.29) is 24.5 Å². The second-order valence-corrected chi connectivity index (χ2v) is 7.39. The topological polar surface area (TPSA) is 59.1 Å². The Hall–Kier alpha value is -1.37. The molecule has 0 fully saturated rings. The van der Waals surface area contributed by atoms with Crippen LogP contribution >= 0.6 is 34.7 Å². The van der Waals surface area contributed by atoms with Crippen LogP contribution in [0, 0.1) is 0 Å². The number of hydrogen-bond acceptors (Lipinski definition) is 5. The average molecular weight is 355 g/mol. The van der Waals surface area contributed by atoms with E-state index in [1.807, 2.05) is 12.1 Å². The molecule has 4 nitrogen and oxygen atoms in total. The Morgan fingerprint density at radius 1 is 1.27 bits per heavy atom. The highest BCUT2D eigenvalue weighted by molar-refractivity contribution is 7.99. The lowest BCUT2D eigenvalue weighted by Gasteiger charge is -2.05. The molecule has 0 saturated heterocycles. The molecular weight excluding hydrogens is 340 g/mol. The molecule has 2 heterocycles. The number of pyridine rings is 1. The van der Waals surface area contributed by atoms with Crippen molar-refractivity contribution in [2.45, 2.75) is 24.8 Å². The minimum absolute atomic E-state index is 0.0696. The van der Waals surface area contributed by atoms with Crippen molar-refractivity contribution in [2.75, 3.05) is 11.1 Å². The first-order valence-corrected chi connectivity index (χ1v) is 8.93. The number of carbonyl (C=O) groups is 2. The fourth-order valence-corrected chi connectivity index (χ4v) is 3.32. The van der Waals surface area contributed by atoms with Gasteiger partial charge in [0.1, 0.15) is 0 Å². The van der Waals surface area contributed by atoms with Crippen LogP contribution in [0.3, 0.4) is 0 Å². The van der Waals surface area contributed by atoms with Gasteiger partial charge in [-0.15, -0.1) is 23.1 Å². The van der Waals surface area contributed by atoms with Gasteiger partial charge in [0, 0.05) is 12.8 Å². The molecule has 2 aromatic rings. The van der Waals surface area contributed by atoms with Gasteiger partial charge in [0.15, 0.2) is 5.78 Å². The third-order valence-electron chi connectivity index (χ3n) is 2.74. The van der Waals surface area contributed by atoms with Gasteiger partial charge < -0.3 is 5.32 Å². The number of nitrogens with zero attached hydrogens (tertiary/aromatic N) is 1. The minimum atomic E-state index is -0.200. The van der Waals surface area contributed by atoms with E-state index in [1.165, 1.54) is 11.3 Å². The number of nitrogens with one attached hydrogen (secondary N) is 1. The Morgan fingerprint density at radius 2 is 2.09 bits per heavy atom. The Bertz CT molecular complexity index is 656. The van der Waals surface area contributed by atoms with Gasteiger partial charge in [-0.1, -0.05) is 18.5 Å². The van der Waals surface area contributed by atoms with E-state index in [4.69, 9.17) is 11.6 Å². The van der Waals surface area contributed by atoms with Crippen LogP contribution in [0.25, 0.3) is 0 Å². The molecule has 2 rings (SSSR count). The molecule has 0 aliphatic carbocycles. The molecule has 0 atom stereocenters. The molecule has 1 N–H and O–H groups in total. The number of ketones is 1. The Morgan fingerprint density at radius 3 is 2.68 bits per heavy atom. The number of carbonyl (C=O) groups excluding carboxylic acids is 2. The maximum atomic E-state index is 11.9. The van der Waals surface area contributed by atoms with Crippen LogP contribution < -0.4 is 5.32 Å². The maximum absolute atomic E-state index is 11.9. The number of hydrogen-bond donors (Lipinski definition) is 1. The van der Waals surface area contributed by atoms with Crippen molar-refractivity contribution in [1.82, 2.24) is 4.98 Å². The van der Waals surface area contributed by atoms with Crippen LogP contribution in [-0.2, 0) is 4.79 Å². The summed E-state index contributed by atoms with van der Waals surface area (Å²) in [4.78, 5) is 28.6. The fourth-order valence-electron chi connectivity index (χ4n) is 1.73. The molecule has 0 aliphatic rings. The predicted octanol–water partition coefficient (Wildman–Crippen LogP) is 4.51. The zero-order valence-corrected chi connectivity index (χ0v) is 14.4. The zero-order chi connectivity index (χ0) is 15.9. The highest BCUT2D eigenvalue weighted by Crippen LogP contribution is 2.23. The van der Waals surface area contributed by atoms with E-state index in [9.17, 15) is 9.59 Å².